The van der Waals surface area contributed by atoms with Crippen LogP contribution < -0.4 is 5.32 Å². The highest BCUT2D eigenvalue weighted by Crippen LogP contribution is 2.50. The molecule has 250 valence electrons. The Morgan fingerprint density at radius 1 is 0.750 bits per heavy atom. The molecule has 2 aliphatic carbocycles. The molecule has 0 saturated carbocycles. The van der Waals surface area contributed by atoms with Crippen molar-refractivity contribution in [1.29, 1.82) is 0 Å². The van der Waals surface area contributed by atoms with Crippen LogP contribution in [-0.4, -0.2) is 16.3 Å². The van der Waals surface area contributed by atoms with Gasteiger partial charge in [0.15, 0.2) is 0 Å². The lowest BCUT2D eigenvalue weighted by Crippen LogP contribution is -2.31. The fourth-order valence-electron chi connectivity index (χ4n) is 8.97. The average Bonchev–Trinajstić information content (AvgIpc) is 3.74. The molecule has 0 saturated heterocycles. The standard InChI is InChI=1S/C48H37N3S/c1-28-14-21-37-43(26-28)52-48-45(37)36-12-6-5-11-35(36)44-38-13-7-8-29(2)46(38)51(47(44)48)34-19-17-31(18-20-34)39-22-24-42-41(49-39)25-23-40(50-42)33-16-15-30-9-3-4-10-32(30)27-33/h3-7,9-25,27-29,41,49H,8,26H2,1-2H3. The third kappa shape index (κ3) is 4.47. The minimum atomic E-state index is 0.0418. The molecular formula is C48H37N3S. The highest BCUT2D eigenvalue weighted by atomic mass is 32.1. The number of nitrogens with one attached hydrogen (secondary N) is 1. The highest BCUT2D eigenvalue weighted by Gasteiger charge is 2.29. The van der Waals surface area contributed by atoms with Crippen LogP contribution in [0.25, 0.3) is 66.1 Å². The van der Waals surface area contributed by atoms with Crippen LogP contribution >= 0.6 is 11.3 Å². The number of nitrogens with zero attached hydrogens (tertiary/aromatic N) is 2. The smallest absolute Gasteiger partial charge is 0.0874 e. The Morgan fingerprint density at radius 2 is 1.54 bits per heavy atom. The normalized spacial score (nSPS) is 20.4. The summed E-state index contributed by atoms with van der Waals surface area (Å²) in [4.78, 5) is 6.59. The maximum absolute atomic E-state index is 5.08. The van der Waals surface area contributed by atoms with Crippen LogP contribution in [0.2, 0.25) is 0 Å². The molecule has 52 heavy (non-hydrogen) atoms. The van der Waals surface area contributed by atoms with Crippen molar-refractivity contribution < 1.29 is 0 Å². The van der Waals surface area contributed by atoms with Gasteiger partial charge in [0.2, 0.25) is 0 Å². The van der Waals surface area contributed by atoms with E-state index in [0.29, 0.717) is 11.8 Å². The zero-order chi connectivity index (χ0) is 34.5. The van der Waals surface area contributed by atoms with E-state index in [-0.39, 0.29) is 6.04 Å². The molecule has 3 unspecified atom stereocenters. The number of benzene rings is 5. The van der Waals surface area contributed by atoms with Gasteiger partial charge >= 0.3 is 0 Å². The van der Waals surface area contributed by atoms with Crippen LogP contribution in [0, 0.1) is 5.92 Å². The van der Waals surface area contributed by atoms with E-state index >= 15 is 0 Å². The number of thiophene rings is 1. The molecule has 4 aliphatic rings. The van der Waals surface area contributed by atoms with E-state index in [2.05, 4.69) is 163 Å². The molecule has 0 bridgehead atoms. The van der Waals surface area contributed by atoms with Crippen LogP contribution in [0.1, 0.15) is 59.0 Å². The summed E-state index contributed by atoms with van der Waals surface area (Å²) in [6.07, 6.45) is 20.5. The maximum atomic E-state index is 5.08. The lowest BCUT2D eigenvalue weighted by molar-refractivity contribution is 0.724. The van der Waals surface area contributed by atoms with E-state index in [9.17, 15) is 0 Å². The van der Waals surface area contributed by atoms with Crippen LogP contribution in [0.15, 0.2) is 138 Å². The predicted molar refractivity (Wildman–Crippen MR) is 223 cm³/mol. The molecular weight excluding hydrogens is 651 g/mol. The SMILES string of the molecule is CC1C=Cc2c(sc3c2c2ccccc2c2c4c(n(-c5ccc(C6=CC=C7N=C(c8ccc9ccccc9c8)C=CC7N6)cc5)c32)C(C)CC=C4)C1. The van der Waals surface area contributed by atoms with Gasteiger partial charge in [-0.05, 0) is 87.9 Å². The molecule has 3 nitrogen and oxygen atoms in total. The molecule has 7 aromatic rings. The fourth-order valence-corrected chi connectivity index (χ4v) is 10.5. The Morgan fingerprint density at radius 3 is 2.40 bits per heavy atom. The van der Waals surface area contributed by atoms with E-state index in [1.165, 1.54) is 75.5 Å². The minimum Gasteiger partial charge on any atom is -0.373 e. The van der Waals surface area contributed by atoms with E-state index in [1.807, 2.05) is 11.3 Å². The first-order valence-corrected chi connectivity index (χ1v) is 19.3. The molecule has 2 aromatic heterocycles. The second-order valence-corrected chi connectivity index (χ2v) is 16.0. The molecule has 0 radical (unpaired) electrons. The molecule has 4 heteroatoms. The van der Waals surface area contributed by atoms with Gasteiger partial charge in [0.25, 0.3) is 0 Å². The van der Waals surface area contributed by atoms with E-state index in [1.54, 1.807) is 0 Å². The Labute approximate surface area is 307 Å². The summed E-state index contributed by atoms with van der Waals surface area (Å²) in [5.41, 5.74) is 12.3. The number of aliphatic imine (C=N–C) groups is 1. The fraction of sp³-hybridized carbons (Fsp3) is 0.146. The van der Waals surface area contributed by atoms with Crippen molar-refractivity contribution in [3.63, 3.8) is 0 Å². The monoisotopic (exact) mass is 687 g/mol. The first kappa shape index (κ1) is 30.0. The summed E-state index contributed by atoms with van der Waals surface area (Å²) in [6.45, 7) is 4.73. The van der Waals surface area contributed by atoms with Crippen LogP contribution in [0.4, 0.5) is 0 Å². The number of aromatic nitrogens is 1. The lowest BCUT2D eigenvalue weighted by Gasteiger charge is -2.26. The van der Waals surface area contributed by atoms with Crippen LogP contribution in [-0.2, 0) is 6.42 Å². The zero-order valence-corrected chi connectivity index (χ0v) is 30.0. The van der Waals surface area contributed by atoms with Gasteiger partial charge in [-0.15, -0.1) is 11.3 Å². The largest absolute Gasteiger partial charge is 0.373 e. The molecule has 0 fully saturated rings. The van der Waals surface area contributed by atoms with E-state index in [0.717, 1.165) is 35.5 Å². The minimum absolute atomic E-state index is 0.0418. The van der Waals surface area contributed by atoms with E-state index in [4.69, 9.17) is 4.99 Å². The predicted octanol–water partition coefficient (Wildman–Crippen LogP) is 12.1. The van der Waals surface area contributed by atoms with Gasteiger partial charge in [-0.25, -0.2) is 0 Å². The number of dihydropyridines is 2. The van der Waals surface area contributed by atoms with Gasteiger partial charge in [-0.1, -0.05) is 117 Å². The lowest BCUT2D eigenvalue weighted by atomic mass is 9.90. The van der Waals surface area contributed by atoms with Crippen molar-refractivity contribution in [1.82, 2.24) is 9.88 Å². The van der Waals surface area contributed by atoms with Crippen molar-refractivity contribution in [3.8, 4) is 5.69 Å². The number of allylic oxidation sites excluding steroid dienone is 5. The van der Waals surface area contributed by atoms with Crippen molar-refractivity contribution in [2.45, 2.75) is 38.6 Å². The Balaban J connectivity index is 1.02. The third-order valence-electron chi connectivity index (χ3n) is 11.5. The van der Waals surface area contributed by atoms with Crippen molar-refractivity contribution >= 4 is 77.4 Å². The van der Waals surface area contributed by atoms with Crippen LogP contribution in [0.3, 0.4) is 0 Å². The average molecular weight is 688 g/mol. The summed E-state index contributed by atoms with van der Waals surface area (Å²) in [7, 11) is 0. The summed E-state index contributed by atoms with van der Waals surface area (Å²) < 4.78 is 4.03. The second kappa shape index (κ2) is 11.4. The molecule has 0 spiro atoms. The molecule has 1 N–H and O–H groups in total. The maximum Gasteiger partial charge on any atom is 0.0874 e. The number of hydrogen-bond donors (Lipinski definition) is 1. The van der Waals surface area contributed by atoms with Gasteiger partial charge in [-0.2, -0.15) is 0 Å². The second-order valence-electron chi connectivity index (χ2n) is 14.9. The molecule has 5 aromatic carbocycles. The Bertz CT molecular complexity index is 2850. The van der Waals surface area contributed by atoms with Gasteiger partial charge in [0, 0.05) is 49.8 Å². The molecule has 4 heterocycles. The first-order chi connectivity index (χ1) is 25.6. The third-order valence-corrected chi connectivity index (χ3v) is 12.8. The number of hydrogen-bond acceptors (Lipinski definition) is 3. The van der Waals surface area contributed by atoms with Gasteiger partial charge in [0.1, 0.15) is 0 Å². The van der Waals surface area contributed by atoms with Gasteiger partial charge in [-0.3, -0.25) is 4.99 Å². The summed E-state index contributed by atoms with van der Waals surface area (Å²) in [5, 5.41) is 11.8. The van der Waals surface area contributed by atoms with Crippen molar-refractivity contribution in [3.05, 3.63) is 166 Å². The summed E-state index contributed by atoms with van der Waals surface area (Å²) in [5.74, 6) is 0.980. The van der Waals surface area contributed by atoms with Crippen LogP contribution in [0.5, 0.6) is 0 Å². The quantitative estimate of drug-likeness (QED) is 0.197. The molecule has 3 atom stereocenters. The molecule has 11 rings (SSSR count). The topological polar surface area (TPSA) is 29.3 Å². The Kier molecular flexibility index (Phi) is 6.57. The summed E-state index contributed by atoms with van der Waals surface area (Å²) >= 11 is 2.02. The van der Waals surface area contributed by atoms with Crippen molar-refractivity contribution in [2.75, 3.05) is 0 Å². The number of fused-ring (bicyclic) bond motifs is 12. The van der Waals surface area contributed by atoms with Gasteiger partial charge in [0.05, 0.1) is 27.7 Å². The first-order valence-electron chi connectivity index (χ1n) is 18.5. The van der Waals surface area contributed by atoms with Crippen molar-refractivity contribution in [2.24, 2.45) is 10.9 Å². The molecule has 2 aliphatic heterocycles. The van der Waals surface area contributed by atoms with E-state index < -0.39 is 0 Å². The Hall–Kier alpha value is -5.71. The molecule has 0 amide bonds. The summed E-state index contributed by atoms with van der Waals surface area (Å²) in [6, 6.07) is 33.4. The number of rotatable bonds is 3. The van der Waals surface area contributed by atoms with Gasteiger partial charge < -0.3 is 9.88 Å². The highest BCUT2D eigenvalue weighted by molar-refractivity contribution is 7.20. The zero-order valence-electron chi connectivity index (χ0n) is 29.2.